The summed E-state index contributed by atoms with van der Waals surface area (Å²) in [6.07, 6.45) is 4.19. The smallest absolute Gasteiger partial charge is 0.123 e. The maximum absolute atomic E-state index is 12.7. The molecule has 0 aromatic heterocycles. The number of benzene rings is 1. The van der Waals surface area contributed by atoms with Crippen molar-refractivity contribution in [2.24, 2.45) is 0 Å². The lowest BCUT2D eigenvalue weighted by molar-refractivity contribution is 0.0811. The van der Waals surface area contributed by atoms with Crippen molar-refractivity contribution in [3.8, 4) is 5.75 Å². The number of hydrogen-bond acceptors (Lipinski definition) is 3. The van der Waals surface area contributed by atoms with Crippen molar-refractivity contribution in [1.82, 2.24) is 5.32 Å². The predicted molar refractivity (Wildman–Crippen MR) is 72.8 cm³/mol. The van der Waals surface area contributed by atoms with Crippen LogP contribution < -0.4 is 10.1 Å². The monoisotopic (exact) mass is 267 g/mol. The molecule has 1 unspecified atom stereocenters. The minimum absolute atomic E-state index is 0.221. The Hall–Kier alpha value is -1.13. The number of β-amino-alcohol motifs (C(OH)–C–C–N with tert-alkyl or cyclic N) is 1. The van der Waals surface area contributed by atoms with Crippen LogP contribution in [0.4, 0.5) is 4.39 Å². The molecule has 3 nitrogen and oxygen atoms in total. The van der Waals surface area contributed by atoms with Gasteiger partial charge >= 0.3 is 0 Å². The Balaban J connectivity index is 1.69. The third kappa shape index (κ3) is 3.91. The minimum atomic E-state index is -0.547. The van der Waals surface area contributed by atoms with Crippen LogP contribution in [0.1, 0.15) is 32.6 Å². The zero-order valence-corrected chi connectivity index (χ0v) is 11.4. The molecule has 0 saturated heterocycles. The summed E-state index contributed by atoms with van der Waals surface area (Å²) in [5.41, 5.74) is 0.233. The van der Waals surface area contributed by atoms with Crippen molar-refractivity contribution in [2.75, 3.05) is 13.2 Å². The molecule has 1 atom stereocenters. The SMILES string of the molecule is CCC1(NCC(O)COc2ccc(F)cc2)CCC1. The number of ether oxygens (including phenoxy) is 1. The van der Waals surface area contributed by atoms with Gasteiger partial charge in [-0.1, -0.05) is 6.92 Å². The Bertz CT molecular complexity index is 384. The second kappa shape index (κ2) is 6.35. The van der Waals surface area contributed by atoms with Crippen LogP contribution in [0.5, 0.6) is 5.75 Å². The van der Waals surface area contributed by atoms with Gasteiger partial charge in [-0.2, -0.15) is 0 Å². The van der Waals surface area contributed by atoms with Crippen LogP contribution in [-0.2, 0) is 0 Å². The van der Waals surface area contributed by atoms with E-state index in [0.717, 1.165) is 6.42 Å². The average molecular weight is 267 g/mol. The highest BCUT2D eigenvalue weighted by molar-refractivity contribution is 5.22. The number of hydrogen-bond donors (Lipinski definition) is 2. The van der Waals surface area contributed by atoms with E-state index < -0.39 is 6.10 Å². The lowest BCUT2D eigenvalue weighted by Crippen LogP contribution is -2.53. The summed E-state index contributed by atoms with van der Waals surface area (Å²) < 4.78 is 18.1. The van der Waals surface area contributed by atoms with Crippen LogP contribution in [0.3, 0.4) is 0 Å². The first-order chi connectivity index (χ1) is 9.13. The lowest BCUT2D eigenvalue weighted by Gasteiger charge is -2.42. The number of aliphatic hydroxyl groups excluding tert-OH is 1. The maximum atomic E-state index is 12.7. The topological polar surface area (TPSA) is 41.5 Å². The normalized spacial score (nSPS) is 18.7. The fraction of sp³-hybridized carbons (Fsp3) is 0.600. The van der Waals surface area contributed by atoms with Crippen LogP contribution >= 0.6 is 0 Å². The van der Waals surface area contributed by atoms with Gasteiger partial charge in [0.15, 0.2) is 0 Å². The largest absolute Gasteiger partial charge is 0.491 e. The Morgan fingerprint density at radius 1 is 1.37 bits per heavy atom. The van der Waals surface area contributed by atoms with E-state index in [1.165, 1.54) is 31.4 Å². The van der Waals surface area contributed by atoms with E-state index in [4.69, 9.17) is 4.74 Å². The van der Waals surface area contributed by atoms with E-state index in [2.05, 4.69) is 12.2 Å². The first-order valence-corrected chi connectivity index (χ1v) is 6.95. The molecule has 106 valence electrons. The van der Waals surface area contributed by atoms with Crippen LogP contribution in [0.15, 0.2) is 24.3 Å². The van der Waals surface area contributed by atoms with Gasteiger partial charge in [0.05, 0.1) is 0 Å². The first kappa shape index (κ1) is 14.3. The molecule has 0 aliphatic heterocycles. The zero-order chi connectivity index (χ0) is 13.7. The molecule has 4 heteroatoms. The van der Waals surface area contributed by atoms with Crippen LogP contribution in [-0.4, -0.2) is 29.9 Å². The van der Waals surface area contributed by atoms with E-state index in [-0.39, 0.29) is 18.0 Å². The molecule has 2 rings (SSSR count). The van der Waals surface area contributed by atoms with Crippen LogP contribution in [0, 0.1) is 5.82 Å². The molecule has 0 radical (unpaired) electrons. The molecule has 19 heavy (non-hydrogen) atoms. The molecule has 0 amide bonds. The molecular weight excluding hydrogens is 245 g/mol. The summed E-state index contributed by atoms with van der Waals surface area (Å²) in [7, 11) is 0. The van der Waals surface area contributed by atoms with Gasteiger partial charge in [-0.25, -0.2) is 4.39 Å². The highest BCUT2D eigenvalue weighted by Gasteiger charge is 2.34. The van der Waals surface area contributed by atoms with E-state index in [1.807, 2.05) is 0 Å². The third-order valence-electron chi connectivity index (χ3n) is 3.96. The van der Waals surface area contributed by atoms with Crippen molar-refractivity contribution < 1.29 is 14.2 Å². The van der Waals surface area contributed by atoms with Gasteiger partial charge in [0, 0.05) is 12.1 Å². The average Bonchev–Trinajstić information content (AvgIpc) is 2.37. The summed E-state index contributed by atoms with van der Waals surface area (Å²) in [5.74, 6) is 0.290. The highest BCUT2D eigenvalue weighted by Crippen LogP contribution is 2.34. The summed E-state index contributed by atoms with van der Waals surface area (Å²) >= 11 is 0. The molecule has 0 heterocycles. The standard InChI is InChI=1S/C15H22FNO2/c1-2-15(8-3-9-15)17-10-13(18)11-19-14-6-4-12(16)5-7-14/h4-7,13,17-18H,2-3,8-11H2,1H3. The van der Waals surface area contributed by atoms with Crippen molar-refractivity contribution in [3.05, 3.63) is 30.1 Å². The first-order valence-electron chi connectivity index (χ1n) is 6.95. The molecule has 0 bridgehead atoms. The fourth-order valence-electron chi connectivity index (χ4n) is 2.38. The van der Waals surface area contributed by atoms with Gasteiger partial charge < -0.3 is 15.2 Å². The van der Waals surface area contributed by atoms with Gasteiger partial charge in [-0.3, -0.25) is 0 Å². The van der Waals surface area contributed by atoms with Gasteiger partial charge in [0.1, 0.15) is 24.3 Å². The molecule has 0 spiro atoms. The number of halogens is 1. The predicted octanol–water partition coefficient (Wildman–Crippen LogP) is 2.49. The van der Waals surface area contributed by atoms with Gasteiger partial charge in [-0.15, -0.1) is 0 Å². The Kier molecular flexibility index (Phi) is 4.77. The molecule has 1 aliphatic carbocycles. The lowest BCUT2D eigenvalue weighted by atomic mass is 9.75. The van der Waals surface area contributed by atoms with Crippen molar-refractivity contribution in [2.45, 2.75) is 44.2 Å². The molecule has 1 aliphatic rings. The molecular formula is C15H22FNO2. The van der Waals surface area contributed by atoms with Gasteiger partial charge in [0.2, 0.25) is 0 Å². The third-order valence-corrected chi connectivity index (χ3v) is 3.96. The summed E-state index contributed by atoms with van der Waals surface area (Å²) in [6.45, 7) is 2.93. The quantitative estimate of drug-likeness (QED) is 0.797. The molecule has 1 fully saturated rings. The van der Waals surface area contributed by atoms with Gasteiger partial charge in [0.25, 0.3) is 0 Å². The van der Waals surface area contributed by atoms with Gasteiger partial charge in [-0.05, 0) is 49.9 Å². The van der Waals surface area contributed by atoms with Crippen LogP contribution in [0.2, 0.25) is 0 Å². The second-order valence-corrected chi connectivity index (χ2v) is 5.29. The van der Waals surface area contributed by atoms with Crippen molar-refractivity contribution in [3.63, 3.8) is 0 Å². The summed E-state index contributed by atoms with van der Waals surface area (Å²) in [6, 6.07) is 5.82. The summed E-state index contributed by atoms with van der Waals surface area (Å²) in [5, 5.41) is 13.3. The highest BCUT2D eigenvalue weighted by atomic mass is 19.1. The van der Waals surface area contributed by atoms with E-state index in [9.17, 15) is 9.50 Å². The van der Waals surface area contributed by atoms with Crippen molar-refractivity contribution in [1.29, 1.82) is 0 Å². The molecule has 1 aromatic rings. The fourth-order valence-corrected chi connectivity index (χ4v) is 2.38. The Labute approximate surface area is 113 Å². The molecule has 1 aromatic carbocycles. The van der Waals surface area contributed by atoms with E-state index in [1.54, 1.807) is 12.1 Å². The second-order valence-electron chi connectivity index (χ2n) is 5.29. The Morgan fingerprint density at radius 3 is 2.58 bits per heavy atom. The molecule has 2 N–H and O–H groups in total. The van der Waals surface area contributed by atoms with E-state index in [0.29, 0.717) is 12.3 Å². The van der Waals surface area contributed by atoms with Crippen molar-refractivity contribution >= 4 is 0 Å². The molecule has 1 saturated carbocycles. The number of rotatable bonds is 7. The number of aliphatic hydroxyl groups is 1. The minimum Gasteiger partial charge on any atom is -0.491 e. The Morgan fingerprint density at radius 2 is 2.05 bits per heavy atom. The number of nitrogens with one attached hydrogen (secondary N) is 1. The van der Waals surface area contributed by atoms with E-state index >= 15 is 0 Å². The maximum Gasteiger partial charge on any atom is 0.123 e. The zero-order valence-electron chi connectivity index (χ0n) is 11.4. The summed E-state index contributed by atoms with van der Waals surface area (Å²) in [4.78, 5) is 0. The van der Waals surface area contributed by atoms with Crippen LogP contribution in [0.25, 0.3) is 0 Å².